The molecule has 4 aliphatic rings. The topological polar surface area (TPSA) is 247 Å². The van der Waals surface area contributed by atoms with Gasteiger partial charge in [-0.1, -0.05) is 36.4 Å². The number of rotatable bonds is 11. The molecule has 6 rings (SSSR count). The van der Waals surface area contributed by atoms with Crippen LogP contribution in [0.1, 0.15) is 42.1 Å². The Hall–Kier alpha value is -5.03. The molecule has 0 saturated carbocycles. The minimum Gasteiger partial charge on any atom is -0.504 e. The van der Waals surface area contributed by atoms with Crippen LogP contribution in [-0.2, 0) is 50.0 Å². The third-order valence-corrected chi connectivity index (χ3v) is 9.80. The smallest absolute Gasteiger partial charge is 0.353 e. The first-order valence-electron chi connectivity index (χ1n) is 15.3. The minimum absolute atomic E-state index is 0.0137. The Kier molecular flexibility index (Phi) is 8.60. The van der Waals surface area contributed by atoms with Crippen molar-refractivity contribution in [3.05, 3.63) is 71.0 Å². The number of carbonyl (C=O) groups excluding carboxylic acids is 3. The lowest BCUT2D eigenvalue weighted by Gasteiger charge is -2.61. The molecule has 2 aromatic rings. The summed E-state index contributed by atoms with van der Waals surface area (Å²) in [5.41, 5.74) is -1.10. The van der Waals surface area contributed by atoms with Gasteiger partial charge >= 0.3 is 29.8 Å². The number of nitrogens with zero attached hydrogens (tertiary/aromatic N) is 1. The van der Waals surface area contributed by atoms with Crippen molar-refractivity contribution in [2.24, 2.45) is 0 Å². The molecule has 1 fully saturated rings. The first kappa shape index (κ1) is 33.9. The Bertz CT molecular complexity index is 1740. The van der Waals surface area contributed by atoms with Crippen LogP contribution in [0.15, 0.2) is 54.3 Å². The summed E-state index contributed by atoms with van der Waals surface area (Å²) < 4.78 is 21.5. The molecule has 49 heavy (non-hydrogen) atoms. The molecule has 2 heterocycles. The van der Waals surface area contributed by atoms with Gasteiger partial charge in [0.05, 0.1) is 17.4 Å². The van der Waals surface area contributed by atoms with E-state index in [1.807, 2.05) is 11.9 Å². The summed E-state index contributed by atoms with van der Waals surface area (Å²) >= 11 is 0. The van der Waals surface area contributed by atoms with Gasteiger partial charge in [0.1, 0.15) is 5.76 Å². The first-order valence-corrected chi connectivity index (χ1v) is 15.3. The van der Waals surface area contributed by atoms with Crippen LogP contribution in [0, 0.1) is 0 Å². The predicted molar refractivity (Wildman–Crippen MR) is 160 cm³/mol. The lowest BCUT2D eigenvalue weighted by atomic mass is 9.50. The molecular formula is C33H33NO15. The molecular weight excluding hydrogens is 650 g/mol. The van der Waals surface area contributed by atoms with Gasteiger partial charge in [-0.2, -0.15) is 0 Å². The van der Waals surface area contributed by atoms with Crippen LogP contribution in [0.3, 0.4) is 0 Å². The number of likely N-dealkylation sites (tertiary alicyclic amines) is 1. The molecule has 16 heteroatoms. The molecule has 260 valence electrons. The summed E-state index contributed by atoms with van der Waals surface area (Å²) in [5, 5.41) is 62.5. The second-order valence-electron chi connectivity index (χ2n) is 12.5. The Balaban J connectivity index is 1.20. The zero-order valence-electron chi connectivity index (χ0n) is 25.9. The third kappa shape index (κ3) is 5.46. The maximum Gasteiger partial charge on any atom is 0.353 e. The van der Waals surface area contributed by atoms with Crippen molar-refractivity contribution < 1.29 is 73.6 Å². The largest absolute Gasteiger partial charge is 0.504 e. The number of phenols is 1. The van der Waals surface area contributed by atoms with Crippen LogP contribution in [0.4, 0.5) is 0 Å². The predicted octanol–water partition coefficient (Wildman–Crippen LogP) is -0.309. The van der Waals surface area contributed by atoms with Crippen molar-refractivity contribution in [2.45, 2.75) is 73.3 Å². The second-order valence-corrected chi connectivity index (χ2v) is 12.5. The van der Waals surface area contributed by atoms with E-state index in [9.17, 15) is 49.5 Å². The summed E-state index contributed by atoms with van der Waals surface area (Å²) in [6.45, 7) is 0.546. The van der Waals surface area contributed by atoms with Gasteiger partial charge in [-0.15, -0.1) is 0 Å². The Labute approximate surface area is 277 Å². The van der Waals surface area contributed by atoms with Gasteiger partial charge in [0.25, 0.3) is 0 Å². The van der Waals surface area contributed by atoms with Crippen molar-refractivity contribution in [3.8, 4) is 11.5 Å². The number of carboxylic acids is 2. The zero-order valence-corrected chi connectivity index (χ0v) is 25.9. The number of aliphatic carboxylic acids is 2. The monoisotopic (exact) mass is 683 g/mol. The van der Waals surface area contributed by atoms with Crippen molar-refractivity contribution in [2.75, 3.05) is 13.6 Å². The van der Waals surface area contributed by atoms with Gasteiger partial charge in [-0.25, -0.2) is 19.2 Å². The van der Waals surface area contributed by atoms with Gasteiger partial charge in [0, 0.05) is 23.6 Å². The van der Waals surface area contributed by atoms with Crippen molar-refractivity contribution in [3.63, 3.8) is 0 Å². The summed E-state index contributed by atoms with van der Waals surface area (Å²) in [5.74, 6) is -8.23. The molecule has 1 spiro atoms. The van der Waals surface area contributed by atoms with E-state index < -0.39 is 77.8 Å². The van der Waals surface area contributed by atoms with Crippen molar-refractivity contribution in [1.82, 2.24) is 4.90 Å². The molecule has 1 saturated heterocycles. The van der Waals surface area contributed by atoms with Crippen LogP contribution in [0.5, 0.6) is 11.5 Å². The van der Waals surface area contributed by atoms with E-state index in [1.54, 1.807) is 12.1 Å². The van der Waals surface area contributed by atoms with Gasteiger partial charge in [0.15, 0.2) is 29.8 Å². The number of likely N-dealkylation sites (N-methyl/N-ethyl adjacent to an activating group) is 1. The Morgan fingerprint density at radius 2 is 1.67 bits per heavy atom. The molecule has 2 aromatic carbocycles. The Morgan fingerprint density at radius 3 is 2.35 bits per heavy atom. The highest BCUT2D eigenvalue weighted by Crippen LogP contribution is 2.65. The number of phenolic OH excluding ortho intramolecular Hbond substituents is 1. The SMILES string of the molecule is CN1CC[C@]23c4c5ccc(O)c4O[C@H]2C(OC(=O)[C@H](O)[C@@H](O)C(=O)O[C@H](C(=O)O[C@H](CC(=O)O)C(=O)O)c2ccccc2)=CC[C@@]3(O)[C@H]1C5. The highest BCUT2D eigenvalue weighted by atomic mass is 16.6. The molecule has 6 N–H and O–H groups in total. The van der Waals surface area contributed by atoms with E-state index in [0.29, 0.717) is 24.9 Å². The number of hydrogen-bond donors (Lipinski definition) is 6. The fourth-order valence-electron chi connectivity index (χ4n) is 7.48. The number of aliphatic hydroxyl groups is 3. The maximum atomic E-state index is 13.2. The van der Waals surface area contributed by atoms with Gasteiger partial charge < -0.3 is 54.5 Å². The van der Waals surface area contributed by atoms with Crippen LogP contribution in [-0.4, -0.2) is 115 Å². The number of hydrogen-bond acceptors (Lipinski definition) is 14. The summed E-state index contributed by atoms with van der Waals surface area (Å²) in [4.78, 5) is 63.6. The standard InChI is InChI=1S/C33H33NO15/c1-34-12-11-32-22-16-7-8-17(35)26(22)48-27(32)18(9-10-33(32,45)20(34)13-16)46-29(42)23(38)24(39)30(43)49-25(15-5-3-2-4-6-15)31(44)47-19(28(40)41)14-21(36)37/h2-9,19-20,23-25,27,35,38-39,45H,10-14H2,1H3,(H,36,37)(H,40,41)/t19-,20-,23-,24-,25+,27+,32+,33-/m1/s1. The highest BCUT2D eigenvalue weighted by molar-refractivity contribution is 5.89. The molecule has 0 radical (unpaired) electrons. The van der Waals surface area contributed by atoms with E-state index >= 15 is 0 Å². The lowest BCUT2D eigenvalue weighted by Crippen LogP contribution is -2.74. The van der Waals surface area contributed by atoms with E-state index in [2.05, 4.69) is 0 Å². The van der Waals surface area contributed by atoms with E-state index in [4.69, 9.17) is 24.1 Å². The van der Waals surface area contributed by atoms with Gasteiger partial charge in [-0.3, -0.25) is 4.79 Å². The molecule has 2 aliphatic heterocycles. The van der Waals surface area contributed by atoms with Crippen molar-refractivity contribution in [1.29, 1.82) is 0 Å². The van der Waals surface area contributed by atoms with Crippen LogP contribution >= 0.6 is 0 Å². The molecule has 0 amide bonds. The van der Waals surface area contributed by atoms with E-state index in [0.717, 1.165) is 5.56 Å². The number of piperidine rings is 1. The average Bonchev–Trinajstić information content (AvgIpc) is 3.43. The maximum absolute atomic E-state index is 13.2. The number of aromatic hydroxyl groups is 1. The fraction of sp³-hybridized carbons (Fsp3) is 0.424. The first-order chi connectivity index (χ1) is 23.2. The Morgan fingerprint density at radius 1 is 0.980 bits per heavy atom. The van der Waals surface area contributed by atoms with E-state index in [1.165, 1.54) is 36.4 Å². The molecule has 8 atom stereocenters. The van der Waals surface area contributed by atoms with Crippen LogP contribution < -0.4 is 4.74 Å². The van der Waals surface area contributed by atoms with Crippen LogP contribution in [0.25, 0.3) is 0 Å². The van der Waals surface area contributed by atoms with E-state index in [-0.39, 0.29) is 35.3 Å². The fourth-order valence-corrected chi connectivity index (χ4v) is 7.48. The molecule has 16 nitrogen and oxygen atoms in total. The van der Waals surface area contributed by atoms with Crippen LogP contribution in [0.2, 0.25) is 0 Å². The quantitative estimate of drug-likeness (QED) is 0.131. The number of ether oxygens (including phenoxy) is 4. The van der Waals surface area contributed by atoms with Crippen molar-refractivity contribution >= 4 is 29.8 Å². The molecule has 2 bridgehead atoms. The highest BCUT2D eigenvalue weighted by Gasteiger charge is 2.72. The lowest BCUT2D eigenvalue weighted by molar-refractivity contribution is -0.187. The number of aliphatic hydroxyl groups excluding tert-OH is 2. The summed E-state index contributed by atoms with van der Waals surface area (Å²) in [6.07, 6.45) is -9.30. The molecule has 0 unspecified atom stereocenters. The normalized spacial score (nSPS) is 27.2. The number of carboxylic acid groups (broad SMARTS) is 2. The summed E-state index contributed by atoms with van der Waals surface area (Å²) in [7, 11) is 1.89. The number of carbonyl (C=O) groups is 5. The number of benzene rings is 2. The second kappa shape index (κ2) is 12.5. The molecule has 0 aromatic heterocycles. The van der Waals surface area contributed by atoms with Gasteiger partial charge in [0.2, 0.25) is 12.2 Å². The average molecular weight is 684 g/mol. The third-order valence-electron chi connectivity index (χ3n) is 9.80. The summed E-state index contributed by atoms with van der Waals surface area (Å²) in [6, 6.07) is 9.90. The van der Waals surface area contributed by atoms with Gasteiger partial charge in [-0.05, 0) is 44.1 Å². The minimum atomic E-state index is -2.63. The molecule has 2 aliphatic carbocycles. The zero-order chi connectivity index (χ0) is 35.4. The number of esters is 3.